The highest BCUT2D eigenvalue weighted by Gasteiger charge is 2.13. The molecule has 0 bridgehead atoms. The lowest BCUT2D eigenvalue weighted by Crippen LogP contribution is -2.37. The third-order valence-corrected chi connectivity index (χ3v) is 4.01. The number of halogens is 1. The fraction of sp³-hybridized carbons (Fsp3) is 0.647. The molecule has 1 saturated heterocycles. The lowest BCUT2D eigenvalue weighted by Gasteiger charge is -2.21. The van der Waals surface area contributed by atoms with Crippen LogP contribution in [0.3, 0.4) is 0 Å². The lowest BCUT2D eigenvalue weighted by atomic mass is 10.0. The Morgan fingerprint density at radius 2 is 2.12 bits per heavy atom. The van der Waals surface area contributed by atoms with Crippen LogP contribution >= 0.6 is 24.0 Å². The summed E-state index contributed by atoms with van der Waals surface area (Å²) >= 11 is 0. The van der Waals surface area contributed by atoms with Crippen molar-refractivity contribution in [3.63, 3.8) is 0 Å². The van der Waals surface area contributed by atoms with Crippen molar-refractivity contribution >= 4 is 35.8 Å². The molecule has 2 heterocycles. The van der Waals surface area contributed by atoms with Gasteiger partial charge >= 0.3 is 0 Å². The molecule has 148 valence electrons. The highest BCUT2D eigenvalue weighted by molar-refractivity contribution is 14.0. The number of carbonyl (C=O) groups is 1. The summed E-state index contributed by atoms with van der Waals surface area (Å²) in [6, 6.07) is 3.27. The van der Waals surface area contributed by atoms with Gasteiger partial charge in [0, 0.05) is 40.0 Å². The zero-order valence-corrected chi connectivity index (χ0v) is 17.5. The first-order valence-corrected chi connectivity index (χ1v) is 8.67. The third kappa shape index (κ3) is 8.37. The fourth-order valence-electron chi connectivity index (χ4n) is 2.54. The molecule has 0 aromatic carbocycles. The summed E-state index contributed by atoms with van der Waals surface area (Å²) in [5.74, 6) is 1.50. The van der Waals surface area contributed by atoms with Crippen molar-refractivity contribution in [2.45, 2.75) is 25.8 Å². The minimum Gasteiger partial charge on any atom is -0.454 e. The Hall–Kier alpha value is -1.33. The Labute approximate surface area is 171 Å². The van der Waals surface area contributed by atoms with E-state index in [9.17, 15) is 4.79 Å². The molecule has 0 unspecified atom stereocenters. The summed E-state index contributed by atoms with van der Waals surface area (Å²) in [6.45, 7) is 4.44. The first-order valence-electron chi connectivity index (χ1n) is 8.67. The third-order valence-electron chi connectivity index (χ3n) is 4.01. The number of amides is 1. The molecule has 1 amide bonds. The summed E-state index contributed by atoms with van der Waals surface area (Å²) in [4.78, 5) is 15.1. The van der Waals surface area contributed by atoms with Crippen LogP contribution in [0.1, 0.15) is 35.6 Å². The second-order valence-electron chi connectivity index (χ2n) is 5.97. The zero-order chi connectivity index (χ0) is 17.9. The minimum atomic E-state index is -0.575. The summed E-state index contributed by atoms with van der Waals surface area (Å²) in [5, 5.41) is 6.33. The normalized spacial score (nSPS) is 15.3. The molecular weight excluding hydrogens is 451 g/mol. The molecule has 0 spiro atoms. The number of carbonyl (C=O) groups excluding carboxylic acids is 1. The van der Waals surface area contributed by atoms with Gasteiger partial charge in [-0.15, -0.1) is 24.0 Å². The minimum absolute atomic E-state index is 0. The predicted octanol–water partition coefficient (Wildman–Crippen LogP) is 1.49. The smallest absolute Gasteiger partial charge is 0.284 e. The molecule has 1 aliphatic heterocycles. The van der Waals surface area contributed by atoms with Crippen LogP contribution in [0, 0.1) is 5.92 Å². The van der Waals surface area contributed by atoms with Gasteiger partial charge in [-0.3, -0.25) is 9.79 Å². The number of nitrogens with two attached hydrogens (primary N) is 1. The van der Waals surface area contributed by atoms with Gasteiger partial charge in [0.15, 0.2) is 11.7 Å². The molecule has 0 aliphatic carbocycles. The molecule has 26 heavy (non-hydrogen) atoms. The molecule has 1 aromatic rings. The van der Waals surface area contributed by atoms with E-state index in [1.165, 1.54) is 0 Å². The van der Waals surface area contributed by atoms with Crippen LogP contribution in [0.15, 0.2) is 21.5 Å². The number of nitrogens with zero attached hydrogens (tertiary/aromatic N) is 1. The van der Waals surface area contributed by atoms with Crippen molar-refractivity contribution in [1.82, 2.24) is 10.6 Å². The van der Waals surface area contributed by atoms with E-state index in [2.05, 4.69) is 15.6 Å². The van der Waals surface area contributed by atoms with Crippen LogP contribution in [0.5, 0.6) is 0 Å². The van der Waals surface area contributed by atoms with Crippen LogP contribution in [0.2, 0.25) is 0 Å². The van der Waals surface area contributed by atoms with Crippen LogP contribution < -0.4 is 16.4 Å². The maximum Gasteiger partial charge on any atom is 0.284 e. The largest absolute Gasteiger partial charge is 0.454 e. The van der Waals surface area contributed by atoms with E-state index in [1.54, 1.807) is 19.2 Å². The molecule has 0 radical (unpaired) electrons. The Morgan fingerprint density at radius 3 is 2.77 bits per heavy atom. The van der Waals surface area contributed by atoms with Crippen LogP contribution in [0.4, 0.5) is 0 Å². The van der Waals surface area contributed by atoms with Crippen LogP contribution in [-0.2, 0) is 16.0 Å². The fourth-order valence-corrected chi connectivity index (χ4v) is 2.54. The second-order valence-corrected chi connectivity index (χ2v) is 5.97. The molecule has 0 saturated carbocycles. The maximum atomic E-state index is 11.0. The first kappa shape index (κ1) is 22.7. The van der Waals surface area contributed by atoms with Crippen LogP contribution in [0.25, 0.3) is 0 Å². The summed E-state index contributed by atoms with van der Waals surface area (Å²) < 4.78 is 16.4. The Balaban J connectivity index is 0.00000338. The zero-order valence-electron chi connectivity index (χ0n) is 15.2. The van der Waals surface area contributed by atoms with Crippen molar-refractivity contribution in [3.8, 4) is 0 Å². The molecule has 4 N–H and O–H groups in total. The van der Waals surface area contributed by atoms with Gasteiger partial charge in [0.05, 0.1) is 6.54 Å². The quantitative estimate of drug-likeness (QED) is 0.214. The number of nitrogens with one attached hydrogen (secondary N) is 2. The number of ether oxygens (including phenoxy) is 2. The van der Waals surface area contributed by atoms with Crippen molar-refractivity contribution < 1.29 is 18.7 Å². The van der Waals surface area contributed by atoms with Gasteiger partial charge in [-0.2, -0.15) is 0 Å². The van der Waals surface area contributed by atoms with E-state index >= 15 is 0 Å². The second kappa shape index (κ2) is 12.9. The van der Waals surface area contributed by atoms with Gasteiger partial charge in [0.25, 0.3) is 5.91 Å². The molecule has 8 nitrogen and oxygen atoms in total. The molecule has 1 aliphatic rings. The summed E-state index contributed by atoms with van der Waals surface area (Å²) in [6.07, 6.45) is 3.09. The van der Waals surface area contributed by atoms with Crippen molar-refractivity contribution in [2.75, 3.05) is 40.0 Å². The molecule has 0 atom stereocenters. The number of aliphatic imine (C=N–C) groups is 1. The van der Waals surface area contributed by atoms with E-state index in [0.29, 0.717) is 24.2 Å². The predicted molar refractivity (Wildman–Crippen MR) is 110 cm³/mol. The van der Waals surface area contributed by atoms with Gasteiger partial charge in [0.2, 0.25) is 0 Å². The topological polar surface area (TPSA) is 111 Å². The monoisotopic (exact) mass is 480 g/mol. The number of primary amides is 1. The SMILES string of the molecule is CN=C(NCCCOCC1CCOCC1)NCc1ccc(C(N)=O)o1.I. The number of hydrogen-bond acceptors (Lipinski definition) is 5. The highest BCUT2D eigenvalue weighted by atomic mass is 127. The highest BCUT2D eigenvalue weighted by Crippen LogP contribution is 2.14. The molecule has 1 fully saturated rings. The van der Waals surface area contributed by atoms with Crippen molar-refractivity contribution in [1.29, 1.82) is 0 Å². The molecule has 9 heteroatoms. The van der Waals surface area contributed by atoms with E-state index in [0.717, 1.165) is 52.2 Å². The maximum absolute atomic E-state index is 11.0. The molecule has 1 aromatic heterocycles. The number of guanidine groups is 1. The lowest BCUT2D eigenvalue weighted by molar-refractivity contribution is 0.0203. The first-order chi connectivity index (χ1) is 12.2. The van der Waals surface area contributed by atoms with Gasteiger partial charge in [0.1, 0.15) is 5.76 Å². The summed E-state index contributed by atoms with van der Waals surface area (Å²) in [5.41, 5.74) is 5.16. The van der Waals surface area contributed by atoms with E-state index < -0.39 is 5.91 Å². The van der Waals surface area contributed by atoms with Gasteiger partial charge < -0.3 is 30.3 Å². The van der Waals surface area contributed by atoms with Crippen molar-refractivity contribution in [3.05, 3.63) is 23.7 Å². The van der Waals surface area contributed by atoms with E-state index in [-0.39, 0.29) is 29.7 Å². The Kier molecular flexibility index (Phi) is 11.3. The van der Waals surface area contributed by atoms with E-state index in [4.69, 9.17) is 19.6 Å². The van der Waals surface area contributed by atoms with E-state index in [1.807, 2.05) is 0 Å². The van der Waals surface area contributed by atoms with Gasteiger partial charge in [-0.1, -0.05) is 0 Å². The van der Waals surface area contributed by atoms with Gasteiger partial charge in [-0.05, 0) is 37.3 Å². The average molecular weight is 480 g/mol. The molecule has 2 rings (SSSR count). The van der Waals surface area contributed by atoms with Gasteiger partial charge in [-0.25, -0.2) is 0 Å². The molecular formula is C17H29IN4O4. The average Bonchev–Trinajstić information content (AvgIpc) is 3.11. The summed E-state index contributed by atoms with van der Waals surface area (Å²) in [7, 11) is 1.70. The standard InChI is InChI=1S/C17H28N4O4.HI/c1-19-17(21-11-14-3-4-15(25-14)16(18)22)20-7-2-8-24-12-13-5-9-23-10-6-13;/h3-4,13H,2,5-12H2,1H3,(H2,18,22)(H2,19,20,21);1H. The number of rotatable bonds is 9. The Morgan fingerprint density at radius 1 is 1.35 bits per heavy atom. The number of furan rings is 1. The van der Waals surface area contributed by atoms with Crippen LogP contribution in [-0.4, -0.2) is 51.9 Å². The van der Waals surface area contributed by atoms with Crippen molar-refractivity contribution in [2.24, 2.45) is 16.6 Å². The Bertz CT molecular complexity index is 559. The number of hydrogen-bond donors (Lipinski definition) is 3.